The third-order valence-electron chi connectivity index (χ3n) is 2.45. The highest BCUT2D eigenvalue weighted by Gasteiger charge is 2.26. The van der Waals surface area contributed by atoms with E-state index in [4.69, 9.17) is 5.11 Å². The van der Waals surface area contributed by atoms with Gasteiger partial charge in [0.05, 0.1) is 12.0 Å². The smallest absolute Gasteiger partial charge is 0.329 e. The standard InChI is InChI=1S/C9H12N2O3S/c12-5-6-1-2-8(15-6)11-4-3-7(13)10-9(11)14/h3-4,6,8,12H,1-2,5H2,(H,10,13,14)/t6-,8-/m1/s1. The first-order valence-electron chi connectivity index (χ1n) is 4.78. The lowest BCUT2D eigenvalue weighted by molar-refractivity contribution is 0.292. The predicted molar refractivity (Wildman–Crippen MR) is 58.1 cm³/mol. The number of nitrogens with zero attached hydrogens (tertiary/aromatic N) is 1. The van der Waals surface area contributed by atoms with Crippen molar-refractivity contribution < 1.29 is 5.11 Å². The number of H-pyrrole nitrogens is 1. The fourth-order valence-electron chi connectivity index (χ4n) is 1.68. The van der Waals surface area contributed by atoms with Crippen LogP contribution in [0.4, 0.5) is 0 Å². The molecule has 0 unspecified atom stereocenters. The van der Waals surface area contributed by atoms with Gasteiger partial charge >= 0.3 is 5.69 Å². The van der Waals surface area contributed by atoms with Gasteiger partial charge in [-0.15, -0.1) is 11.8 Å². The fourth-order valence-corrected chi connectivity index (χ4v) is 3.05. The number of aliphatic hydroxyl groups is 1. The summed E-state index contributed by atoms with van der Waals surface area (Å²) in [5.74, 6) is 0. The lowest BCUT2D eigenvalue weighted by atomic mass is 10.2. The molecule has 1 aromatic rings. The largest absolute Gasteiger partial charge is 0.395 e. The quantitative estimate of drug-likeness (QED) is 0.742. The van der Waals surface area contributed by atoms with Gasteiger partial charge in [-0.25, -0.2) is 4.79 Å². The lowest BCUT2D eigenvalue weighted by Crippen LogP contribution is -2.29. The molecule has 0 aromatic carbocycles. The van der Waals surface area contributed by atoms with Crippen LogP contribution in [0.25, 0.3) is 0 Å². The van der Waals surface area contributed by atoms with E-state index in [0.29, 0.717) is 0 Å². The molecule has 1 fully saturated rings. The first-order chi connectivity index (χ1) is 7.20. The minimum absolute atomic E-state index is 0.0338. The number of rotatable bonds is 2. The average Bonchev–Trinajstić information content (AvgIpc) is 2.66. The molecule has 2 heterocycles. The summed E-state index contributed by atoms with van der Waals surface area (Å²) in [6.45, 7) is 0.138. The molecule has 0 radical (unpaired) electrons. The van der Waals surface area contributed by atoms with Gasteiger partial charge in [0.2, 0.25) is 0 Å². The summed E-state index contributed by atoms with van der Waals surface area (Å²) in [6.07, 6.45) is 3.26. The van der Waals surface area contributed by atoms with Crippen molar-refractivity contribution in [3.63, 3.8) is 0 Å². The normalized spacial score (nSPS) is 25.7. The van der Waals surface area contributed by atoms with Crippen molar-refractivity contribution in [1.29, 1.82) is 0 Å². The Hall–Kier alpha value is -1.01. The Morgan fingerprint density at radius 3 is 2.93 bits per heavy atom. The summed E-state index contributed by atoms with van der Waals surface area (Å²) >= 11 is 1.57. The van der Waals surface area contributed by atoms with Crippen LogP contribution in [0.5, 0.6) is 0 Å². The minimum Gasteiger partial charge on any atom is -0.395 e. The van der Waals surface area contributed by atoms with Crippen molar-refractivity contribution >= 4 is 11.8 Å². The summed E-state index contributed by atoms with van der Waals surface area (Å²) in [7, 11) is 0. The number of aromatic amines is 1. The molecule has 2 rings (SSSR count). The van der Waals surface area contributed by atoms with Crippen LogP contribution in [0.1, 0.15) is 18.2 Å². The second-order valence-electron chi connectivity index (χ2n) is 3.49. The highest BCUT2D eigenvalue weighted by atomic mass is 32.2. The molecular formula is C9H12N2O3S. The molecule has 1 aliphatic rings. The third kappa shape index (κ3) is 2.15. The maximum absolute atomic E-state index is 11.5. The minimum atomic E-state index is -0.377. The molecule has 1 saturated heterocycles. The van der Waals surface area contributed by atoms with E-state index in [2.05, 4.69) is 4.98 Å². The Kier molecular flexibility index (Phi) is 2.97. The number of aliphatic hydroxyl groups excluding tert-OH is 1. The van der Waals surface area contributed by atoms with Gasteiger partial charge in [0.1, 0.15) is 0 Å². The molecule has 15 heavy (non-hydrogen) atoms. The zero-order chi connectivity index (χ0) is 10.8. The monoisotopic (exact) mass is 228 g/mol. The van der Waals surface area contributed by atoms with Crippen molar-refractivity contribution in [3.05, 3.63) is 33.1 Å². The van der Waals surface area contributed by atoms with E-state index in [9.17, 15) is 9.59 Å². The van der Waals surface area contributed by atoms with Crippen LogP contribution in [0.3, 0.4) is 0 Å². The Bertz CT molecular complexity index is 453. The van der Waals surface area contributed by atoms with Gasteiger partial charge in [0.15, 0.2) is 0 Å². The van der Waals surface area contributed by atoms with Gasteiger partial charge in [0, 0.05) is 17.5 Å². The molecule has 0 bridgehead atoms. The second-order valence-corrected chi connectivity index (χ2v) is 4.97. The van der Waals surface area contributed by atoms with Gasteiger partial charge in [-0.2, -0.15) is 0 Å². The number of hydrogen-bond donors (Lipinski definition) is 2. The first kappa shape index (κ1) is 10.5. The highest BCUT2D eigenvalue weighted by molar-refractivity contribution is 8.00. The number of hydrogen-bond acceptors (Lipinski definition) is 4. The molecule has 5 nitrogen and oxygen atoms in total. The lowest BCUT2D eigenvalue weighted by Gasteiger charge is -2.12. The van der Waals surface area contributed by atoms with Crippen molar-refractivity contribution in [3.8, 4) is 0 Å². The van der Waals surface area contributed by atoms with E-state index in [0.717, 1.165) is 12.8 Å². The van der Waals surface area contributed by atoms with Gasteiger partial charge in [-0.05, 0) is 12.8 Å². The van der Waals surface area contributed by atoms with Crippen LogP contribution in [0, 0.1) is 0 Å². The maximum atomic E-state index is 11.5. The Balaban J connectivity index is 2.24. The van der Waals surface area contributed by atoms with E-state index >= 15 is 0 Å². The first-order valence-corrected chi connectivity index (χ1v) is 5.73. The van der Waals surface area contributed by atoms with Gasteiger partial charge < -0.3 is 5.11 Å². The van der Waals surface area contributed by atoms with E-state index in [-0.39, 0.29) is 28.5 Å². The summed E-state index contributed by atoms with van der Waals surface area (Å²) in [4.78, 5) is 24.5. The van der Waals surface area contributed by atoms with Gasteiger partial charge in [-0.1, -0.05) is 0 Å². The highest BCUT2D eigenvalue weighted by Crippen LogP contribution is 2.39. The van der Waals surface area contributed by atoms with E-state index in [1.165, 1.54) is 16.8 Å². The molecule has 0 aliphatic carbocycles. The molecule has 0 amide bonds. The fraction of sp³-hybridized carbons (Fsp3) is 0.556. The Labute approximate surface area is 90.1 Å². The van der Waals surface area contributed by atoms with Gasteiger partial charge in [0.25, 0.3) is 5.56 Å². The maximum Gasteiger partial charge on any atom is 0.329 e. The molecular weight excluding hydrogens is 216 g/mol. The number of thioether (sulfide) groups is 1. The Morgan fingerprint density at radius 2 is 2.33 bits per heavy atom. The second kappa shape index (κ2) is 4.24. The molecule has 1 aliphatic heterocycles. The molecule has 0 spiro atoms. The van der Waals surface area contributed by atoms with Crippen LogP contribution in [-0.4, -0.2) is 26.5 Å². The molecule has 2 atom stereocenters. The number of aromatic nitrogens is 2. The van der Waals surface area contributed by atoms with Crippen LogP contribution in [0.2, 0.25) is 0 Å². The average molecular weight is 228 g/mol. The van der Waals surface area contributed by atoms with E-state index < -0.39 is 0 Å². The van der Waals surface area contributed by atoms with E-state index in [1.807, 2.05) is 0 Å². The van der Waals surface area contributed by atoms with Crippen LogP contribution in [-0.2, 0) is 0 Å². The summed E-state index contributed by atoms with van der Waals surface area (Å²) in [5.41, 5.74) is -0.753. The predicted octanol–water partition coefficient (Wildman–Crippen LogP) is -0.0769. The molecule has 1 aromatic heterocycles. The van der Waals surface area contributed by atoms with Crippen molar-refractivity contribution in [2.45, 2.75) is 23.5 Å². The summed E-state index contributed by atoms with van der Waals surface area (Å²) < 4.78 is 1.52. The topological polar surface area (TPSA) is 75.1 Å². The third-order valence-corrected chi connectivity index (χ3v) is 4.00. The zero-order valence-electron chi connectivity index (χ0n) is 8.05. The summed E-state index contributed by atoms with van der Waals surface area (Å²) in [6, 6.07) is 1.34. The van der Waals surface area contributed by atoms with Crippen LogP contribution in [0.15, 0.2) is 21.9 Å². The molecule has 0 saturated carbocycles. The van der Waals surface area contributed by atoms with E-state index in [1.54, 1.807) is 11.8 Å². The number of nitrogens with one attached hydrogen (secondary N) is 1. The molecule has 2 N–H and O–H groups in total. The van der Waals surface area contributed by atoms with Crippen molar-refractivity contribution in [2.75, 3.05) is 6.61 Å². The van der Waals surface area contributed by atoms with Crippen molar-refractivity contribution in [2.24, 2.45) is 0 Å². The zero-order valence-corrected chi connectivity index (χ0v) is 8.87. The molecule has 82 valence electrons. The van der Waals surface area contributed by atoms with Crippen LogP contribution >= 0.6 is 11.8 Å². The van der Waals surface area contributed by atoms with Crippen molar-refractivity contribution in [1.82, 2.24) is 9.55 Å². The van der Waals surface area contributed by atoms with Gasteiger partial charge in [-0.3, -0.25) is 14.3 Å². The Morgan fingerprint density at radius 1 is 1.53 bits per heavy atom. The summed E-state index contributed by atoms with van der Waals surface area (Å²) in [5, 5.41) is 9.21. The molecule has 6 heteroatoms. The van der Waals surface area contributed by atoms with Crippen LogP contribution < -0.4 is 11.2 Å². The SMILES string of the molecule is O=c1ccn([C@H]2CC[C@H](CO)S2)c(=O)[nH]1.